The molecular formula is C13H14N4O. The highest BCUT2D eigenvalue weighted by Gasteiger charge is 2.14. The molecule has 92 valence electrons. The fraction of sp³-hybridized carbons (Fsp3) is 0.154. The first-order valence-electron chi connectivity index (χ1n) is 5.65. The van der Waals surface area contributed by atoms with Gasteiger partial charge in [-0.25, -0.2) is 0 Å². The summed E-state index contributed by atoms with van der Waals surface area (Å²) in [5.41, 5.74) is 8.47. The fourth-order valence-electron chi connectivity index (χ4n) is 2.39. The second kappa shape index (κ2) is 3.53. The van der Waals surface area contributed by atoms with Gasteiger partial charge in [-0.2, -0.15) is 5.10 Å². The first kappa shape index (κ1) is 10.7. The van der Waals surface area contributed by atoms with Crippen LogP contribution in [-0.2, 0) is 14.1 Å². The molecule has 0 saturated carbocycles. The van der Waals surface area contributed by atoms with Gasteiger partial charge in [-0.1, -0.05) is 12.1 Å². The van der Waals surface area contributed by atoms with Gasteiger partial charge in [-0.3, -0.25) is 4.68 Å². The number of nitrogens with zero attached hydrogens (tertiary/aromatic N) is 3. The molecular weight excluding hydrogens is 228 g/mol. The molecule has 0 saturated heterocycles. The van der Waals surface area contributed by atoms with Crippen LogP contribution in [0.5, 0.6) is 5.75 Å². The van der Waals surface area contributed by atoms with E-state index in [1.807, 2.05) is 43.1 Å². The van der Waals surface area contributed by atoms with Crippen LogP contribution < -0.4 is 5.73 Å². The lowest BCUT2D eigenvalue weighted by molar-refractivity contribution is 0.479. The maximum Gasteiger partial charge on any atom is 0.146 e. The maximum absolute atomic E-state index is 9.92. The minimum absolute atomic E-state index is 0.274. The number of hydrogen-bond acceptors (Lipinski definition) is 3. The molecule has 0 bridgehead atoms. The number of aryl methyl sites for hydroxylation is 2. The van der Waals surface area contributed by atoms with E-state index in [1.54, 1.807) is 10.7 Å². The molecule has 0 aliphatic carbocycles. The third kappa shape index (κ3) is 1.37. The van der Waals surface area contributed by atoms with Crippen molar-refractivity contribution in [2.45, 2.75) is 0 Å². The van der Waals surface area contributed by atoms with E-state index in [-0.39, 0.29) is 5.75 Å². The van der Waals surface area contributed by atoms with Crippen molar-refractivity contribution in [3.05, 3.63) is 30.5 Å². The number of benzene rings is 1. The Morgan fingerprint density at radius 2 is 2.06 bits per heavy atom. The van der Waals surface area contributed by atoms with Crippen molar-refractivity contribution in [2.75, 3.05) is 5.73 Å². The normalized spacial score (nSPS) is 11.2. The average Bonchev–Trinajstić information content (AvgIpc) is 2.80. The first-order valence-corrected chi connectivity index (χ1v) is 5.65. The molecule has 2 aromatic heterocycles. The number of phenols is 1. The van der Waals surface area contributed by atoms with E-state index < -0.39 is 0 Å². The Balaban J connectivity index is 2.37. The molecule has 3 N–H and O–H groups in total. The lowest BCUT2D eigenvalue weighted by atomic mass is 10.1. The number of hydrogen-bond donors (Lipinski definition) is 2. The van der Waals surface area contributed by atoms with Crippen LogP contribution in [0.4, 0.5) is 5.82 Å². The Labute approximate surface area is 104 Å². The molecule has 0 spiro atoms. The summed E-state index contributed by atoms with van der Waals surface area (Å²) in [5.74, 6) is 0.765. The van der Waals surface area contributed by atoms with Crippen molar-refractivity contribution < 1.29 is 5.11 Å². The van der Waals surface area contributed by atoms with E-state index in [9.17, 15) is 5.11 Å². The molecule has 0 aliphatic rings. The summed E-state index contributed by atoms with van der Waals surface area (Å²) in [7, 11) is 3.76. The van der Waals surface area contributed by atoms with Gasteiger partial charge >= 0.3 is 0 Å². The predicted octanol–water partition coefficient (Wildman–Crippen LogP) is 1.87. The number of aromatic nitrogens is 3. The van der Waals surface area contributed by atoms with E-state index in [0.29, 0.717) is 5.82 Å². The molecule has 0 radical (unpaired) electrons. The zero-order valence-corrected chi connectivity index (χ0v) is 10.3. The van der Waals surface area contributed by atoms with Gasteiger partial charge in [0.2, 0.25) is 0 Å². The van der Waals surface area contributed by atoms with Gasteiger partial charge in [0.05, 0.1) is 11.2 Å². The number of nitrogens with two attached hydrogens (primary N) is 1. The molecule has 5 nitrogen and oxygen atoms in total. The molecule has 0 aliphatic heterocycles. The highest BCUT2D eigenvalue weighted by atomic mass is 16.3. The molecule has 0 fully saturated rings. The summed E-state index contributed by atoms with van der Waals surface area (Å²) in [5, 5.41) is 15.1. The summed E-state index contributed by atoms with van der Waals surface area (Å²) >= 11 is 0. The molecule has 18 heavy (non-hydrogen) atoms. The maximum atomic E-state index is 9.92. The number of fused-ring (bicyclic) bond motifs is 1. The Morgan fingerprint density at radius 1 is 1.28 bits per heavy atom. The second-order valence-electron chi connectivity index (χ2n) is 4.41. The monoisotopic (exact) mass is 242 g/mol. The number of rotatable bonds is 1. The van der Waals surface area contributed by atoms with Crippen LogP contribution in [0.1, 0.15) is 0 Å². The van der Waals surface area contributed by atoms with Crippen molar-refractivity contribution in [1.29, 1.82) is 0 Å². The summed E-state index contributed by atoms with van der Waals surface area (Å²) in [6, 6.07) is 7.33. The number of para-hydroxylation sites is 1. The van der Waals surface area contributed by atoms with E-state index >= 15 is 0 Å². The Bertz CT molecular complexity index is 739. The first-order chi connectivity index (χ1) is 8.58. The standard InChI is InChI=1S/C13H14N4O/c1-16-7-9(10-6-12(14)15-17(10)2)8-4-3-5-11(18)13(8)16/h3-7,18H,1-2H3,(H2,14,15). The van der Waals surface area contributed by atoms with Crippen LogP contribution in [0.3, 0.4) is 0 Å². The summed E-state index contributed by atoms with van der Waals surface area (Å²) < 4.78 is 3.65. The van der Waals surface area contributed by atoms with Crippen LogP contribution in [0.25, 0.3) is 22.2 Å². The van der Waals surface area contributed by atoms with Gasteiger partial charge in [0.1, 0.15) is 11.6 Å². The SMILES string of the molecule is Cn1nc(N)cc1-c1cn(C)c2c(O)cccc12. The summed E-state index contributed by atoms with van der Waals surface area (Å²) in [6.07, 6.45) is 1.97. The van der Waals surface area contributed by atoms with Gasteiger partial charge in [-0.05, 0) is 6.07 Å². The second-order valence-corrected chi connectivity index (χ2v) is 4.41. The average molecular weight is 242 g/mol. The van der Waals surface area contributed by atoms with Crippen LogP contribution in [0.15, 0.2) is 30.5 Å². The zero-order chi connectivity index (χ0) is 12.9. The van der Waals surface area contributed by atoms with Crippen molar-refractivity contribution in [3.8, 4) is 17.0 Å². The Morgan fingerprint density at radius 3 is 2.72 bits per heavy atom. The fourth-order valence-corrected chi connectivity index (χ4v) is 2.39. The highest BCUT2D eigenvalue weighted by molar-refractivity contribution is 5.98. The van der Waals surface area contributed by atoms with Gasteiger partial charge in [0.25, 0.3) is 0 Å². The molecule has 2 heterocycles. The number of nitrogen functional groups attached to an aromatic ring is 1. The number of anilines is 1. The lowest BCUT2D eigenvalue weighted by Crippen LogP contribution is -1.94. The van der Waals surface area contributed by atoms with E-state index in [1.165, 1.54) is 0 Å². The predicted molar refractivity (Wildman–Crippen MR) is 71.2 cm³/mol. The minimum Gasteiger partial charge on any atom is -0.506 e. The third-order valence-corrected chi connectivity index (χ3v) is 3.16. The highest BCUT2D eigenvalue weighted by Crippen LogP contribution is 2.34. The Kier molecular flexibility index (Phi) is 2.10. The summed E-state index contributed by atoms with van der Waals surface area (Å²) in [4.78, 5) is 0. The summed E-state index contributed by atoms with van der Waals surface area (Å²) in [6.45, 7) is 0. The molecule has 5 heteroatoms. The van der Waals surface area contributed by atoms with E-state index in [0.717, 1.165) is 22.2 Å². The van der Waals surface area contributed by atoms with Gasteiger partial charge in [0.15, 0.2) is 0 Å². The number of aromatic hydroxyl groups is 1. The van der Waals surface area contributed by atoms with Crippen molar-refractivity contribution in [3.63, 3.8) is 0 Å². The molecule has 0 amide bonds. The largest absolute Gasteiger partial charge is 0.506 e. The van der Waals surface area contributed by atoms with Crippen LogP contribution in [-0.4, -0.2) is 19.5 Å². The smallest absolute Gasteiger partial charge is 0.146 e. The van der Waals surface area contributed by atoms with Crippen molar-refractivity contribution >= 4 is 16.7 Å². The minimum atomic E-state index is 0.274. The molecule has 0 atom stereocenters. The zero-order valence-electron chi connectivity index (χ0n) is 10.3. The molecule has 0 unspecified atom stereocenters. The topological polar surface area (TPSA) is 69.0 Å². The molecule has 3 rings (SSSR count). The number of phenolic OH excluding ortho intramolecular Hbond substituents is 1. The van der Waals surface area contributed by atoms with Crippen LogP contribution in [0, 0.1) is 0 Å². The van der Waals surface area contributed by atoms with E-state index in [2.05, 4.69) is 5.10 Å². The van der Waals surface area contributed by atoms with Gasteiger partial charge in [-0.15, -0.1) is 0 Å². The van der Waals surface area contributed by atoms with Gasteiger partial charge < -0.3 is 15.4 Å². The quantitative estimate of drug-likeness (QED) is 0.684. The van der Waals surface area contributed by atoms with Crippen molar-refractivity contribution in [1.82, 2.24) is 14.3 Å². The molecule has 1 aromatic carbocycles. The van der Waals surface area contributed by atoms with Crippen LogP contribution in [0.2, 0.25) is 0 Å². The third-order valence-electron chi connectivity index (χ3n) is 3.16. The Hall–Kier alpha value is -2.43. The van der Waals surface area contributed by atoms with E-state index in [4.69, 9.17) is 5.73 Å². The lowest BCUT2D eigenvalue weighted by Gasteiger charge is -2.00. The van der Waals surface area contributed by atoms with Gasteiger partial charge in [0, 0.05) is 37.3 Å². The molecule has 3 aromatic rings. The van der Waals surface area contributed by atoms with Crippen molar-refractivity contribution in [2.24, 2.45) is 14.1 Å². The van der Waals surface area contributed by atoms with Crippen LogP contribution >= 0.6 is 0 Å².